The predicted octanol–water partition coefficient (Wildman–Crippen LogP) is 11.2. The molecule has 1 aliphatic heterocycles. The van der Waals surface area contributed by atoms with Crippen molar-refractivity contribution in [2.45, 2.75) is 0 Å². The number of hydrogen-bond acceptors (Lipinski definition) is 2. The van der Waals surface area contributed by atoms with Crippen LogP contribution in [-0.2, 0) is 0 Å². The van der Waals surface area contributed by atoms with Gasteiger partial charge in [-0.3, -0.25) is 0 Å². The van der Waals surface area contributed by atoms with E-state index in [9.17, 15) is 0 Å². The van der Waals surface area contributed by atoms with Crippen molar-refractivity contribution in [3.63, 3.8) is 0 Å². The van der Waals surface area contributed by atoms with E-state index in [2.05, 4.69) is 180 Å². The zero-order valence-electron chi connectivity index (χ0n) is 23.3. The van der Waals surface area contributed by atoms with Crippen LogP contribution >= 0.6 is 0 Å². The summed E-state index contributed by atoms with van der Waals surface area (Å²) < 4.78 is 0. The molecule has 0 fully saturated rings. The summed E-state index contributed by atoms with van der Waals surface area (Å²) in [5, 5.41) is 2.51. The first-order valence-corrected chi connectivity index (χ1v) is 14.2. The summed E-state index contributed by atoms with van der Waals surface area (Å²) in [5.74, 6) is 0. The van der Waals surface area contributed by atoms with Crippen molar-refractivity contribution in [3.05, 3.63) is 182 Å². The molecule has 42 heavy (non-hydrogen) atoms. The van der Waals surface area contributed by atoms with E-state index in [0.717, 1.165) is 39.6 Å². The highest BCUT2D eigenvalue weighted by atomic mass is 15.1. The molecular weight excluding hydrogens is 508 g/mol. The largest absolute Gasteiger partial charge is 0.317 e. The molecule has 0 bridgehead atoms. The third-order valence-corrected chi connectivity index (χ3v) is 7.76. The first-order chi connectivity index (χ1) is 20.7. The number of rotatable bonds is 5. The molecule has 7 rings (SSSR count). The minimum atomic E-state index is 0.999. The van der Waals surface area contributed by atoms with Gasteiger partial charge in [0, 0.05) is 34.5 Å². The Kier molecular flexibility index (Phi) is 6.71. The maximum Gasteiger partial charge on any atom is 0.0533 e. The Morgan fingerprint density at radius 1 is 0.500 bits per heavy atom. The average molecular weight is 539 g/mol. The van der Waals surface area contributed by atoms with E-state index in [1.807, 2.05) is 6.08 Å². The Bertz CT molecular complexity index is 1930. The second-order valence-corrected chi connectivity index (χ2v) is 10.4. The Morgan fingerprint density at radius 2 is 1.12 bits per heavy atom. The molecule has 0 saturated heterocycles. The Balaban J connectivity index is 1.24. The van der Waals surface area contributed by atoms with Crippen LogP contribution in [0.3, 0.4) is 0 Å². The summed E-state index contributed by atoms with van der Waals surface area (Å²) in [7, 11) is 0. The normalized spacial score (nSPS) is 14.1. The van der Waals surface area contributed by atoms with Gasteiger partial charge in [0.2, 0.25) is 0 Å². The number of fused-ring (bicyclic) bond motifs is 2. The van der Waals surface area contributed by atoms with Crippen molar-refractivity contribution in [2.75, 3.05) is 9.80 Å². The van der Waals surface area contributed by atoms with E-state index >= 15 is 0 Å². The smallest absolute Gasteiger partial charge is 0.0533 e. The van der Waals surface area contributed by atoms with E-state index in [1.165, 1.54) is 21.9 Å². The van der Waals surface area contributed by atoms with Crippen LogP contribution in [0.1, 0.15) is 5.56 Å². The van der Waals surface area contributed by atoms with Gasteiger partial charge in [0.1, 0.15) is 0 Å². The van der Waals surface area contributed by atoms with Gasteiger partial charge < -0.3 is 9.80 Å². The average Bonchev–Trinajstić information content (AvgIpc) is 3.05. The topological polar surface area (TPSA) is 6.48 Å². The van der Waals surface area contributed by atoms with Crippen LogP contribution in [0.4, 0.5) is 28.4 Å². The van der Waals surface area contributed by atoms with Gasteiger partial charge in [-0.15, -0.1) is 0 Å². The number of anilines is 5. The van der Waals surface area contributed by atoms with Gasteiger partial charge in [-0.2, -0.15) is 0 Å². The molecule has 6 aromatic carbocycles. The highest BCUT2D eigenvalue weighted by molar-refractivity contribution is 5.88. The molecule has 6 aromatic rings. The fourth-order valence-electron chi connectivity index (χ4n) is 5.62. The van der Waals surface area contributed by atoms with E-state index in [0.29, 0.717) is 0 Å². The van der Waals surface area contributed by atoms with Gasteiger partial charge >= 0.3 is 0 Å². The minimum absolute atomic E-state index is 0.999. The highest BCUT2D eigenvalue weighted by Crippen LogP contribution is 2.39. The number of benzene rings is 6. The zero-order chi connectivity index (χ0) is 28.3. The number of hydrogen-bond donors (Lipinski definition) is 0. The lowest BCUT2D eigenvalue weighted by Crippen LogP contribution is -2.12. The molecule has 0 amide bonds. The molecule has 0 aromatic heterocycles. The summed E-state index contributed by atoms with van der Waals surface area (Å²) in [4.78, 5) is 4.52. The molecule has 0 atom stereocenters. The van der Waals surface area contributed by atoms with Crippen LogP contribution in [0.2, 0.25) is 0 Å². The zero-order valence-corrected chi connectivity index (χ0v) is 23.3. The standard InChI is InChI=1S/C40H30N2/c1-30-11-9-10-28-41(40-17-8-7-16-39(30)40)35-24-26-38(27-25-35)42(36-14-3-2-4-15-36)37-22-20-32(21-23-37)34-19-18-31-12-5-6-13-33(31)29-34/h2-29H,1H2/b11-9-,28-10-. The van der Waals surface area contributed by atoms with Gasteiger partial charge in [0.05, 0.1) is 5.69 Å². The van der Waals surface area contributed by atoms with Crippen molar-refractivity contribution in [1.82, 2.24) is 0 Å². The summed E-state index contributed by atoms with van der Waals surface area (Å²) >= 11 is 0. The molecule has 0 aliphatic carbocycles. The molecule has 0 spiro atoms. The SMILES string of the molecule is C=C1/C=C\C=C/N(c2ccc(N(c3ccccc3)c3ccc(-c4ccc5ccccc5c4)cc3)cc2)c2ccccc21. The van der Waals surface area contributed by atoms with Crippen molar-refractivity contribution in [3.8, 4) is 11.1 Å². The van der Waals surface area contributed by atoms with Crippen LogP contribution in [0.25, 0.3) is 27.5 Å². The predicted molar refractivity (Wildman–Crippen MR) is 180 cm³/mol. The highest BCUT2D eigenvalue weighted by Gasteiger charge is 2.16. The summed E-state index contributed by atoms with van der Waals surface area (Å²) in [6.45, 7) is 4.27. The molecule has 200 valence electrons. The minimum Gasteiger partial charge on any atom is -0.317 e. The number of para-hydroxylation sites is 2. The van der Waals surface area contributed by atoms with Crippen molar-refractivity contribution >= 4 is 44.8 Å². The van der Waals surface area contributed by atoms with Gasteiger partial charge in [-0.1, -0.05) is 104 Å². The molecule has 2 nitrogen and oxygen atoms in total. The van der Waals surface area contributed by atoms with Gasteiger partial charge in [-0.25, -0.2) is 0 Å². The lowest BCUT2D eigenvalue weighted by atomic mass is 10.0. The van der Waals surface area contributed by atoms with E-state index < -0.39 is 0 Å². The quantitative estimate of drug-likeness (QED) is 0.215. The maximum absolute atomic E-state index is 4.27. The molecule has 0 radical (unpaired) electrons. The lowest BCUT2D eigenvalue weighted by molar-refractivity contribution is 1.25. The van der Waals surface area contributed by atoms with Crippen LogP contribution in [0.15, 0.2) is 177 Å². The van der Waals surface area contributed by atoms with Crippen molar-refractivity contribution in [1.29, 1.82) is 0 Å². The second kappa shape index (κ2) is 11.1. The number of allylic oxidation sites excluding steroid dienone is 4. The van der Waals surface area contributed by atoms with Gasteiger partial charge in [0.15, 0.2) is 0 Å². The van der Waals surface area contributed by atoms with Crippen LogP contribution in [-0.4, -0.2) is 0 Å². The fraction of sp³-hybridized carbons (Fsp3) is 0. The monoisotopic (exact) mass is 538 g/mol. The summed E-state index contributed by atoms with van der Waals surface area (Å²) in [6, 6.07) is 51.7. The number of nitrogens with zero attached hydrogens (tertiary/aromatic N) is 2. The molecule has 1 aliphatic rings. The molecule has 2 heteroatoms. The van der Waals surface area contributed by atoms with Crippen molar-refractivity contribution in [2.24, 2.45) is 0 Å². The van der Waals surface area contributed by atoms with Gasteiger partial charge in [-0.05, 0) is 94.2 Å². The molecule has 0 N–H and O–H groups in total. The Morgan fingerprint density at radius 3 is 1.90 bits per heavy atom. The summed E-state index contributed by atoms with van der Waals surface area (Å²) in [5.41, 5.74) is 10.1. The Labute approximate surface area is 247 Å². The molecule has 1 heterocycles. The maximum atomic E-state index is 4.27. The fourth-order valence-corrected chi connectivity index (χ4v) is 5.62. The lowest BCUT2D eigenvalue weighted by Gasteiger charge is -2.28. The van der Waals surface area contributed by atoms with Gasteiger partial charge in [0.25, 0.3) is 0 Å². The van der Waals surface area contributed by atoms with Crippen LogP contribution in [0.5, 0.6) is 0 Å². The molecule has 0 saturated carbocycles. The molecule has 0 unspecified atom stereocenters. The van der Waals surface area contributed by atoms with Crippen molar-refractivity contribution < 1.29 is 0 Å². The van der Waals surface area contributed by atoms with E-state index in [-0.39, 0.29) is 0 Å². The molecular formula is C40H30N2. The summed E-state index contributed by atoms with van der Waals surface area (Å²) in [6.07, 6.45) is 8.26. The first-order valence-electron chi connectivity index (χ1n) is 14.2. The second-order valence-electron chi connectivity index (χ2n) is 10.4. The third-order valence-electron chi connectivity index (χ3n) is 7.76. The van der Waals surface area contributed by atoms with E-state index in [4.69, 9.17) is 0 Å². The first kappa shape index (κ1) is 25.4. The Hall–Kier alpha value is -5.60. The van der Waals surface area contributed by atoms with Crippen LogP contribution < -0.4 is 9.80 Å². The van der Waals surface area contributed by atoms with E-state index in [1.54, 1.807) is 0 Å². The van der Waals surface area contributed by atoms with Crippen LogP contribution in [0, 0.1) is 0 Å². The third kappa shape index (κ3) is 4.91.